The third kappa shape index (κ3) is 6.39. The minimum absolute atomic E-state index is 0.120. The first-order valence-corrected chi connectivity index (χ1v) is 6.90. The summed E-state index contributed by atoms with van der Waals surface area (Å²) >= 11 is 0. The second-order valence-corrected chi connectivity index (χ2v) is 4.96. The second-order valence-electron chi connectivity index (χ2n) is 4.96. The lowest BCUT2D eigenvalue weighted by atomic mass is 9.94. The molecule has 2 atom stereocenters. The molecule has 0 aliphatic rings. The maximum atomic E-state index is 11.4. The Hall–Kier alpha value is -1.35. The molecule has 0 aliphatic heterocycles. The lowest BCUT2D eigenvalue weighted by Crippen LogP contribution is -2.19. The number of rotatable bonds is 8. The molecule has 0 spiro atoms. The molecule has 3 nitrogen and oxygen atoms in total. The average Bonchev–Trinajstić information content (AvgIpc) is 2.40. The number of hydrogen-bond acceptors (Lipinski definition) is 3. The summed E-state index contributed by atoms with van der Waals surface area (Å²) in [6.07, 6.45) is 0.462. The van der Waals surface area contributed by atoms with Crippen LogP contribution in [0.1, 0.15) is 32.8 Å². The number of esters is 1. The zero-order valence-corrected chi connectivity index (χ0v) is 12.1. The first kappa shape index (κ1) is 15.7. The average molecular weight is 264 g/mol. The van der Waals surface area contributed by atoms with Crippen LogP contribution in [0.5, 0.6) is 0 Å². The quantitative estimate of drug-likeness (QED) is 0.675. The monoisotopic (exact) mass is 264 g/mol. The van der Waals surface area contributed by atoms with E-state index in [9.17, 15) is 4.79 Å². The van der Waals surface area contributed by atoms with Gasteiger partial charge in [-0.15, -0.1) is 0 Å². The van der Waals surface area contributed by atoms with Gasteiger partial charge in [0.05, 0.1) is 13.2 Å². The van der Waals surface area contributed by atoms with Crippen molar-refractivity contribution in [3.8, 4) is 0 Å². The lowest BCUT2D eigenvalue weighted by molar-refractivity contribution is -0.144. The molecule has 0 fully saturated rings. The number of carbonyl (C=O) groups excluding carboxylic acids is 1. The number of hydrogen-bond donors (Lipinski definition) is 0. The molecule has 0 saturated carbocycles. The van der Waals surface area contributed by atoms with Crippen LogP contribution in [-0.2, 0) is 20.9 Å². The van der Waals surface area contributed by atoms with E-state index in [1.54, 1.807) is 0 Å². The first-order valence-electron chi connectivity index (χ1n) is 6.90. The molecule has 0 amide bonds. The molecule has 0 aliphatic carbocycles. The van der Waals surface area contributed by atoms with Crippen molar-refractivity contribution in [2.75, 3.05) is 13.2 Å². The highest BCUT2D eigenvalue weighted by molar-refractivity contribution is 5.69. The minimum atomic E-state index is -0.120. The molecular formula is C16H24O3. The first-order chi connectivity index (χ1) is 9.13. The highest BCUT2D eigenvalue weighted by atomic mass is 16.5. The summed E-state index contributed by atoms with van der Waals surface area (Å²) in [4.78, 5) is 11.4. The van der Waals surface area contributed by atoms with Gasteiger partial charge in [0.15, 0.2) is 0 Å². The fourth-order valence-corrected chi connectivity index (χ4v) is 1.79. The van der Waals surface area contributed by atoms with E-state index >= 15 is 0 Å². The van der Waals surface area contributed by atoms with Crippen LogP contribution in [0.25, 0.3) is 0 Å². The van der Waals surface area contributed by atoms with Crippen molar-refractivity contribution in [3.63, 3.8) is 0 Å². The van der Waals surface area contributed by atoms with Crippen molar-refractivity contribution in [2.24, 2.45) is 11.8 Å². The highest BCUT2D eigenvalue weighted by Gasteiger charge is 2.16. The van der Waals surface area contributed by atoms with Crippen LogP contribution in [0.15, 0.2) is 30.3 Å². The van der Waals surface area contributed by atoms with E-state index in [-0.39, 0.29) is 11.9 Å². The lowest BCUT2D eigenvalue weighted by Gasteiger charge is -2.19. The van der Waals surface area contributed by atoms with E-state index in [4.69, 9.17) is 9.47 Å². The molecule has 0 aromatic heterocycles. The van der Waals surface area contributed by atoms with E-state index in [0.29, 0.717) is 32.2 Å². The fraction of sp³-hybridized carbons (Fsp3) is 0.562. The summed E-state index contributed by atoms with van der Waals surface area (Å²) in [5.41, 5.74) is 1.17. The van der Waals surface area contributed by atoms with Crippen LogP contribution < -0.4 is 0 Å². The van der Waals surface area contributed by atoms with Crippen LogP contribution in [0.2, 0.25) is 0 Å². The Morgan fingerprint density at radius 2 is 1.84 bits per heavy atom. The van der Waals surface area contributed by atoms with Crippen LogP contribution in [0.3, 0.4) is 0 Å². The van der Waals surface area contributed by atoms with Crippen LogP contribution in [0, 0.1) is 11.8 Å². The zero-order valence-electron chi connectivity index (χ0n) is 12.1. The van der Waals surface area contributed by atoms with E-state index in [1.165, 1.54) is 5.56 Å². The maximum absolute atomic E-state index is 11.4. The van der Waals surface area contributed by atoms with Gasteiger partial charge in [-0.05, 0) is 24.3 Å². The Labute approximate surface area is 115 Å². The summed E-state index contributed by atoms with van der Waals surface area (Å²) in [5, 5.41) is 0. The van der Waals surface area contributed by atoms with Gasteiger partial charge in [-0.25, -0.2) is 0 Å². The van der Waals surface area contributed by atoms with Gasteiger partial charge < -0.3 is 9.47 Å². The highest BCUT2D eigenvalue weighted by Crippen LogP contribution is 2.16. The standard InChI is InChI=1S/C16H24O3/c1-4-19-16(17)10-13(2)14(3)11-18-12-15-8-6-5-7-9-15/h5-9,13-14H,4,10-12H2,1-3H3. The summed E-state index contributed by atoms with van der Waals surface area (Å²) < 4.78 is 10.6. The Morgan fingerprint density at radius 3 is 2.47 bits per heavy atom. The molecule has 0 radical (unpaired) electrons. The van der Waals surface area contributed by atoms with Crippen LogP contribution in [0.4, 0.5) is 0 Å². The minimum Gasteiger partial charge on any atom is -0.466 e. The van der Waals surface area contributed by atoms with Gasteiger partial charge in [-0.2, -0.15) is 0 Å². The SMILES string of the molecule is CCOC(=O)CC(C)C(C)COCc1ccccc1. The van der Waals surface area contributed by atoms with Crippen molar-refractivity contribution in [2.45, 2.75) is 33.8 Å². The molecule has 0 N–H and O–H groups in total. The Bertz CT molecular complexity index is 362. The van der Waals surface area contributed by atoms with Crippen molar-refractivity contribution in [1.82, 2.24) is 0 Å². The van der Waals surface area contributed by atoms with Gasteiger partial charge in [0.25, 0.3) is 0 Å². The Morgan fingerprint density at radius 1 is 1.16 bits per heavy atom. The number of ether oxygens (including phenoxy) is 2. The van der Waals surface area contributed by atoms with Crippen molar-refractivity contribution >= 4 is 5.97 Å². The summed E-state index contributed by atoms with van der Waals surface area (Å²) in [5.74, 6) is 0.493. The Kier molecular flexibility index (Phi) is 7.19. The van der Waals surface area contributed by atoms with Crippen LogP contribution in [-0.4, -0.2) is 19.2 Å². The summed E-state index contributed by atoms with van der Waals surface area (Å²) in [6, 6.07) is 10.1. The third-order valence-corrected chi connectivity index (χ3v) is 3.26. The van der Waals surface area contributed by atoms with Crippen molar-refractivity contribution in [3.05, 3.63) is 35.9 Å². The van der Waals surface area contributed by atoms with E-state index in [1.807, 2.05) is 37.3 Å². The zero-order chi connectivity index (χ0) is 14.1. The third-order valence-electron chi connectivity index (χ3n) is 3.26. The fourth-order valence-electron chi connectivity index (χ4n) is 1.79. The topological polar surface area (TPSA) is 35.5 Å². The normalized spacial score (nSPS) is 13.8. The predicted octanol–water partition coefficient (Wildman–Crippen LogP) is 3.43. The molecule has 106 valence electrons. The molecule has 0 saturated heterocycles. The summed E-state index contributed by atoms with van der Waals surface area (Å²) in [6.45, 7) is 7.73. The molecule has 0 heterocycles. The largest absolute Gasteiger partial charge is 0.466 e. The molecule has 19 heavy (non-hydrogen) atoms. The summed E-state index contributed by atoms with van der Waals surface area (Å²) in [7, 11) is 0. The molecular weight excluding hydrogens is 240 g/mol. The number of benzene rings is 1. The van der Waals surface area contributed by atoms with Crippen molar-refractivity contribution < 1.29 is 14.3 Å². The predicted molar refractivity (Wildman–Crippen MR) is 75.7 cm³/mol. The molecule has 1 rings (SSSR count). The molecule has 3 heteroatoms. The van der Waals surface area contributed by atoms with Gasteiger partial charge in [0.2, 0.25) is 0 Å². The number of carbonyl (C=O) groups is 1. The van der Waals surface area contributed by atoms with E-state index < -0.39 is 0 Å². The van der Waals surface area contributed by atoms with Crippen molar-refractivity contribution in [1.29, 1.82) is 0 Å². The van der Waals surface area contributed by atoms with Crippen LogP contribution >= 0.6 is 0 Å². The smallest absolute Gasteiger partial charge is 0.306 e. The van der Waals surface area contributed by atoms with Gasteiger partial charge in [-0.1, -0.05) is 44.2 Å². The molecule has 0 bridgehead atoms. The molecule has 2 unspecified atom stereocenters. The molecule has 1 aromatic rings. The van der Waals surface area contributed by atoms with E-state index in [0.717, 1.165) is 0 Å². The van der Waals surface area contributed by atoms with Gasteiger partial charge in [-0.3, -0.25) is 4.79 Å². The Balaban J connectivity index is 2.23. The second kappa shape index (κ2) is 8.70. The van der Waals surface area contributed by atoms with Gasteiger partial charge in [0, 0.05) is 13.0 Å². The van der Waals surface area contributed by atoms with Gasteiger partial charge >= 0.3 is 5.97 Å². The van der Waals surface area contributed by atoms with Gasteiger partial charge in [0.1, 0.15) is 0 Å². The van der Waals surface area contributed by atoms with E-state index in [2.05, 4.69) is 13.8 Å². The molecule has 1 aromatic carbocycles. The maximum Gasteiger partial charge on any atom is 0.306 e.